The van der Waals surface area contributed by atoms with Crippen LogP contribution in [0.2, 0.25) is 0 Å². The summed E-state index contributed by atoms with van der Waals surface area (Å²) in [5.74, 6) is -2.29. The molecule has 22 heavy (non-hydrogen) atoms. The number of nitrogens with one attached hydrogen (secondary N) is 3. The number of halogens is 1. The van der Waals surface area contributed by atoms with Crippen molar-refractivity contribution in [3.63, 3.8) is 0 Å². The Hall–Kier alpha value is -3.01. The SMILES string of the molecule is N=C1C(=O)NC(=O)N=C1C(=O)C1=CC=C(Cl)C(=N)C1[N+](=O)[O-]. The molecule has 0 aromatic heterocycles. The van der Waals surface area contributed by atoms with Crippen LogP contribution in [0.25, 0.3) is 0 Å². The third-order valence-electron chi connectivity index (χ3n) is 2.82. The van der Waals surface area contributed by atoms with Gasteiger partial charge in [-0.2, -0.15) is 4.99 Å². The second-order valence-electron chi connectivity index (χ2n) is 4.16. The fraction of sp³-hybridized carbons (Fsp3) is 0.0909. The quantitative estimate of drug-likeness (QED) is 0.490. The fourth-order valence-corrected chi connectivity index (χ4v) is 1.97. The number of hydrogen-bond donors (Lipinski definition) is 3. The van der Waals surface area contributed by atoms with E-state index in [2.05, 4.69) is 4.99 Å². The largest absolute Gasteiger partial charge is 0.348 e. The van der Waals surface area contributed by atoms with E-state index >= 15 is 0 Å². The molecule has 1 heterocycles. The summed E-state index contributed by atoms with van der Waals surface area (Å²) in [5.41, 5.74) is -2.83. The molecule has 0 bridgehead atoms. The molecule has 2 aliphatic rings. The van der Waals surface area contributed by atoms with Gasteiger partial charge in [-0.15, -0.1) is 0 Å². The Morgan fingerprint density at radius 2 is 2.00 bits per heavy atom. The number of hydrogen-bond acceptors (Lipinski definition) is 7. The van der Waals surface area contributed by atoms with Crippen molar-refractivity contribution in [2.45, 2.75) is 6.04 Å². The minimum Gasteiger partial charge on any atom is -0.297 e. The van der Waals surface area contributed by atoms with Crippen LogP contribution in [0.3, 0.4) is 0 Å². The molecule has 1 aliphatic heterocycles. The summed E-state index contributed by atoms with van der Waals surface area (Å²) in [6, 6.07) is -3.01. The number of carbonyl (C=O) groups is 3. The van der Waals surface area contributed by atoms with Crippen LogP contribution < -0.4 is 5.32 Å². The van der Waals surface area contributed by atoms with Crippen LogP contribution in [-0.2, 0) is 9.59 Å². The van der Waals surface area contributed by atoms with Crippen molar-refractivity contribution >= 4 is 46.5 Å². The van der Waals surface area contributed by atoms with Crippen molar-refractivity contribution < 1.29 is 19.3 Å². The molecule has 0 spiro atoms. The van der Waals surface area contributed by atoms with E-state index in [0.717, 1.165) is 12.2 Å². The summed E-state index contributed by atoms with van der Waals surface area (Å²) < 4.78 is 0. The van der Waals surface area contributed by atoms with Crippen LogP contribution in [0.5, 0.6) is 0 Å². The number of rotatable bonds is 3. The first-order chi connectivity index (χ1) is 10.2. The zero-order valence-corrected chi connectivity index (χ0v) is 11.3. The Bertz CT molecular complexity index is 763. The predicted octanol–water partition coefficient (Wildman–Crippen LogP) is -0.00616. The van der Waals surface area contributed by atoms with Gasteiger partial charge in [-0.05, 0) is 12.2 Å². The lowest BCUT2D eigenvalue weighted by atomic mass is 9.90. The van der Waals surface area contributed by atoms with E-state index in [1.807, 2.05) is 0 Å². The van der Waals surface area contributed by atoms with E-state index in [-0.39, 0.29) is 5.03 Å². The predicted molar refractivity (Wildman–Crippen MR) is 74.2 cm³/mol. The van der Waals surface area contributed by atoms with Gasteiger partial charge in [0.1, 0.15) is 17.1 Å². The van der Waals surface area contributed by atoms with Gasteiger partial charge >= 0.3 is 6.03 Å². The summed E-state index contributed by atoms with van der Waals surface area (Å²) in [6.45, 7) is 0. The van der Waals surface area contributed by atoms with Gasteiger partial charge in [0, 0.05) is 4.92 Å². The first kappa shape index (κ1) is 15.4. The number of aliphatic imine (C=N–C) groups is 1. The number of carbonyl (C=O) groups excluding carboxylic acids is 3. The number of Topliss-reactive ketones (excluding diaryl/α,β-unsaturated/α-hetero) is 1. The van der Waals surface area contributed by atoms with Crippen molar-refractivity contribution in [3.8, 4) is 0 Å². The molecule has 3 N–H and O–H groups in total. The van der Waals surface area contributed by atoms with Crippen LogP contribution in [0.15, 0.2) is 27.7 Å². The van der Waals surface area contributed by atoms with Gasteiger partial charge in [0.25, 0.3) is 11.9 Å². The number of urea groups is 1. The monoisotopic (exact) mass is 323 g/mol. The van der Waals surface area contributed by atoms with Crippen LogP contribution >= 0.6 is 11.6 Å². The highest BCUT2D eigenvalue weighted by atomic mass is 35.5. The average Bonchev–Trinajstić information content (AvgIpc) is 2.44. The molecule has 0 saturated carbocycles. The smallest absolute Gasteiger partial charge is 0.297 e. The standard InChI is InChI=1S/C11H6ClN5O5/c12-4-2-1-3(8(5(4)13)17(21)22)9(18)7-6(14)10(19)16-11(20)15-7/h1-2,8,13-14H,(H,16,19,20). The highest BCUT2D eigenvalue weighted by Crippen LogP contribution is 2.22. The van der Waals surface area contributed by atoms with Crippen LogP contribution in [0.1, 0.15) is 0 Å². The molecule has 0 radical (unpaired) electrons. The van der Waals surface area contributed by atoms with Gasteiger partial charge in [-0.3, -0.25) is 35.8 Å². The van der Waals surface area contributed by atoms with Crippen LogP contribution in [-0.4, -0.2) is 45.8 Å². The third kappa shape index (κ3) is 2.46. The van der Waals surface area contributed by atoms with Gasteiger partial charge in [0.2, 0.25) is 5.78 Å². The molecule has 1 unspecified atom stereocenters. The average molecular weight is 324 g/mol. The van der Waals surface area contributed by atoms with E-state index in [4.69, 9.17) is 22.4 Å². The Balaban J connectivity index is 2.50. The molecule has 0 aromatic rings. The van der Waals surface area contributed by atoms with Gasteiger partial charge in [0.15, 0.2) is 0 Å². The highest BCUT2D eigenvalue weighted by molar-refractivity contribution is 6.84. The van der Waals surface area contributed by atoms with Crippen molar-refractivity contribution in [1.29, 1.82) is 10.8 Å². The molecule has 0 saturated heterocycles. The van der Waals surface area contributed by atoms with E-state index in [1.54, 1.807) is 5.32 Å². The lowest BCUT2D eigenvalue weighted by Gasteiger charge is -2.18. The number of nitro groups is 1. The van der Waals surface area contributed by atoms with Crippen molar-refractivity contribution in [2.24, 2.45) is 4.99 Å². The van der Waals surface area contributed by atoms with E-state index in [0.29, 0.717) is 0 Å². The lowest BCUT2D eigenvalue weighted by molar-refractivity contribution is -0.492. The molecule has 2 rings (SSSR count). The fourth-order valence-electron chi connectivity index (χ4n) is 1.80. The molecule has 0 aromatic carbocycles. The number of ketones is 1. The molecule has 1 aliphatic carbocycles. The molecular formula is C11H6ClN5O5. The zero-order chi connectivity index (χ0) is 16.6. The van der Waals surface area contributed by atoms with Gasteiger partial charge in [0.05, 0.1) is 10.6 Å². The molecule has 112 valence electrons. The maximum absolute atomic E-state index is 12.3. The van der Waals surface area contributed by atoms with Crippen molar-refractivity contribution in [1.82, 2.24) is 5.32 Å². The first-order valence-corrected chi connectivity index (χ1v) is 5.99. The Kier molecular flexibility index (Phi) is 3.78. The van der Waals surface area contributed by atoms with Gasteiger partial charge in [-0.25, -0.2) is 4.79 Å². The number of nitrogens with zero attached hydrogens (tertiary/aromatic N) is 2. The van der Waals surface area contributed by atoms with E-state index in [9.17, 15) is 24.5 Å². The Labute approximate surface area is 126 Å². The molecule has 11 heteroatoms. The third-order valence-corrected chi connectivity index (χ3v) is 3.15. The zero-order valence-electron chi connectivity index (χ0n) is 10.5. The molecule has 3 amide bonds. The van der Waals surface area contributed by atoms with E-state index < -0.39 is 51.4 Å². The first-order valence-electron chi connectivity index (χ1n) is 5.61. The van der Waals surface area contributed by atoms with Crippen LogP contribution in [0, 0.1) is 20.9 Å². The normalized spacial score (nSPS) is 21.7. The minimum atomic E-state index is -1.86. The van der Waals surface area contributed by atoms with Crippen molar-refractivity contribution in [3.05, 3.63) is 32.9 Å². The number of amides is 3. The Morgan fingerprint density at radius 1 is 1.36 bits per heavy atom. The molecule has 1 atom stereocenters. The molecule has 0 fully saturated rings. The lowest BCUT2D eigenvalue weighted by Crippen LogP contribution is -2.48. The second-order valence-corrected chi connectivity index (χ2v) is 4.57. The summed E-state index contributed by atoms with van der Waals surface area (Å²) in [6.07, 6.45) is 2.11. The summed E-state index contributed by atoms with van der Waals surface area (Å²) in [5, 5.41) is 27.6. The second kappa shape index (κ2) is 5.41. The summed E-state index contributed by atoms with van der Waals surface area (Å²) in [4.78, 5) is 48.1. The number of imide groups is 1. The number of allylic oxidation sites excluding steroid dienone is 2. The van der Waals surface area contributed by atoms with Gasteiger partial charge in [-0.1, -0.05) is 11.6 Å². The topological polar surface area (TPSA) is 166 Å². The van der Waals surface area contributed by atoms with Gasteiger partial charge < -0.3 is 0 Å². The minimum absolute atomic E-state index is 0.215. The van der Waals surface area contributed by atoms with Crippen LogP contribution in [0.4, 0.5) is 4.79 Å². The Morgan fingerprint density at radius 3 is 2.59 bits per heavy atom. The van der Waals surface area contributed by atoms with Crippen molar-refractivity contribution in [2.75, 3.05) is 0 Å². The summed E-state index contributed by atoms with van der Waals surface area (Å²) in [7, 11) is 0. The summed E-state index contributed by atoms with van der Waals surface area (Å²) >= 11 is 5.62. The highest BCUT2D eigenvalue weighted by Gasteiger charge is 2.42. The van der Waals surface area contributed by atoms with E-state index in [1.165, 1.54) is 0 Å². The molecular weight excluding hydrogens is 318 g/mol. The molecule has 10 nitrogen and oxygen atoms in total. The maximum atomic E-state index is 12.3. The maximum Gasteiger partial charge on any atom is 0.348 e.